The van der Waals surface area contributed by atoms with E-state index in [1.165, 1.54) is 0 Å². The summed E-state index contributed by atoms with van der Waals surface area (Å²) in [6, 6.07) is -1.80. The first kappa shape index (κ1) is 14.8. The molecular formula is C9H16F3NOS. The molecule has 0 spiro atoms. The predicted octanol–water partition coefficient (Wildman–Crippen LogP) is 2.55. The largest absolute Gasteiger partial charge is 0.598 e. The minimum Gasteiger partial charge on any atom is -0.598 e. The lowest BCUT2D eigenvalue weighted by Gasteiger charge is -2.28. The zero-order valence-corrected chi connectivity index (χ0v) is 9.84. The second-order valence-corrected chi connectivity index (χ2v) is 6.12. The Morgan fingerprint density at radius 3 is 2.13 bits per heavy atom. The van der Waals surface area contributed by atoms with E-state index in [1.54, 1.807) is 20.8 Å². The summed E-state index contributed by atoms with van der Waals surface area (Å²) in [4.78, 5) is 0. The van der Waals surface area contributed by atoms with E-state index in [9.17, 15) is 17.7 Å². The molecule has 2 nitrogen and oxygen atoms in total. The number of hydrogen-bond acceptors (Lipinski definition) is 2. The van der Waals surface area contributed by atoms with Crippen molar-refractivity contribution in [1.29, 1.82) is 0 Å². The molecule has 1 unspecified atom stereocenters. The van der Waals surface area contributed by atoms with Gasteiger partial charge in [0.1, 0.15) is 4.75 Å². The molecule has 0 aliphatic rings. The highest BCUT2D eigenvalue weighted by Crippen LogP contribution is 2.25. The smallest absolute Gasteiger partial charge is 0.408 e. The van der Waals surface area contributed by atoms with Crippen molar-refractivity contribution in [3.63, 3.8) is 0 Å². The van der Waals surface area contributed by atoms with Crippen LogP contribution in [0.3, 0.4) is 0 Å². The number of alkyl halides is 3. The van der Waals surface area contributed by atoms with Crippen LogP contribution in [-0.4, -0.2) is 21.5 Å². The third-order valence-electron chi connectivity index (χ3n) is 1.60. The van der Waals surface area contributed by atoms with Gasteiger partial charge in [0, 0.05) is 11.4 Å². The number of nitrogens with one attached hydrogen (secondary N) is 1. The van der Waals surface area contributed by atoms with E-state index in [-0.39, 0.29) is 6.42 Å². The van der Waals surface area contributed by atoms with E-state index in [2.05, 4.69) is 11.3 Å². The number of rotatable bonds is 4. The van der Waals surface area contributed by atoms with Gasteiger partial charge in [-0.3, -0.25) is 0 Å². The predicted molar refractivity (Wildman–Crippen MR) is 55.7 cm³/mol. The first-order valence-corrected chi connectivity index (χ1v) is 5.59. The van der Waals surface area contributed by atoms with Crippen LogP contribution in [0.2, 0.25) is 0 Å². The summed E-state index contributed by atoms with van der Waals surface area (Å²) in [7, 11) is 0. The van der Waals surface area contributed by atoms with Crippen LogP contribution >= 0.6 is 0 Å². The van der Waals surface area contributed by atoms with Crippen LogP contribution in [0.5, 0.6) is 0 Å². The van der Waals surface area contributed by atoms with E-state index in [0.717, 1.165) is 6.08 Å². The fourth-order valence-corrected chi connectivity index (χ4v) is 1.56. The maximum absolute atomic E-state index is 12.4. The molecule has 0 radical (unpaired) electrons. The minimum atomic E-state index is -4.41. The summed E-state index contributed by atoms with van der Waals surface area (Å²) in [6.07, 6.45) is -3.54. The maximum Gasteiger partial charge on any atom is 0.408 e. The molecule has 0 rings (SSSR count). The van der Waals surface area contributed by atoms with E-state index in [4.69, 9.17) is 0 Å². The Kier molecular flexibility index (Phi) is 5.16. The number of halogens is 3. The van der Waals surface area contributed by atoms with Gasteiger partial charge >= 0.3 is 6.18 Å². The van der Waals surface area contributed by atoms with Gasteiger partial charge in [-0.05, 0) is 27.2 Å². The van der Waals surface area contributed by atoms with Crippen molar-refractivity contribution in [3.05, 3.63) is 12.7 Å². The van der Waals surface area contributed by atoms with Gasteiger partial charge in [-0.1, -0.05) is 6.08 Å². The Bertz CT molecular complexity index is 212. The van der Waals surface area contributed by atoms with E-state index >= 15 is 0 Å². The second-order valence-electron chi connectivity index (χ2n) is 4.12. The fourth-order valence-electron chi connectivity index (χ4n) is 0.721. The van der Waals surface area contributed by atoms with Crippen molar-refractivity contribution in [1.82, 2.24) is 4.72 Å². The molecule has 0 fully saturated rings. The standard InChI is InChI=1S/C9H16F3NOS/c1-5-6-7(9(10,11)12)13-15(14)8(2,3)4/h5,7,13H,1,6H2,2-4H3/t7-,15?/m1/s1. The van der Waals surface area contributed by atoms with Crippen molar-refractivity contribution >= 4 is 11.4 Å². The van der Waals surface area contributed by atoms with Crippen molar-refractivity contribution in [2.75, 3.05) is 0 Å². The molecule has 1 N–H and O–H groups in total. The highest BCUT2D eigenvalue weighted by Gasteiger charge is 2.43. The van der Waals surface area contributed by atoms with Crippen molar-refractivity contribution in [2.24, 2.45) is 0 Å². The molecule has 15 heavy (non-hydrogen) atoms. The zero-order valence-electron chi connectivity index (χ0n) is 9.02. The Balaban J connectivity index is 4.49. The Hall–Kier alpha value is -0.200. The Morgan fingerprint density at radius 2 is 1.87 bits per heavy atom. The van der Waals surface area contributed by atoms with Crippen LogP contribution in [0.1, 0.15) is 27.2 Å². The fraction of sp³-hybridized carbons (Fsp3) is 0.778. The molecule has 0 aliphatic carbocycles. The van der Waals surface area contributed by atoms with Gasteiger partial charge in [0.2, 0.25) is 0 Å². The van der Waals surface area contributed by atoms with Crippen molar-refractivity contribution in [2.45, 2.75) is 44.2 Å². The average Bonchev–Trinajstić information content (AvgIpc) is 1.99. The third kappa shape index (κ3) is 5.44. The molecule has 0 aromatic rings. The third-order valence-corrected chi connectivity index (χ3v) is 3.21. The first-order valence-electron chi connectivity index (χ1n) is 4.44. The summed E-state index contributed by atoms with van der Waals surface area (Å²) in [5.41, 5.74) is 0. The monoisotopic (exact) mass is 243 g/mol. The lowest BCUT2D eigenvalue weighted by molar-refractivity contribution is -0.150. The molecule has 0 amide bonds. The quantitative estimate of drug-likeness (QED) is 0.608. The Labute approximate surface area is 91.2 Å². The van der Waals surface area contributed by atoms with Gasteiger partial charge < -0.3 is 4.55 Å². The summed E-state index contributed by atoms with van der Waals surface area (Å²) in [5.74, 6) is 0. The molecule has 0 saturated carbocycles. The van der Waals surface area contributed by atoms with Crippen LogP contribution in [-0.2, 0) is 11.4 Å². The van der Waals surface area contributed by atoms with Crippen LogP contribution in [0.15, 0.2) is 12.7 Å². The van der Waals surface area contributed by atoms with Gasteiger partial charge in [0.05, 0.1) is 0 Å². The van der Waals surface area contributed by atoms with Crippen LogP contribution in [0.25, 0.3) is 0 Å². The summed E-state index contributed by atoms with van der Waals surface area (Å²) in [6.45, 7) is 8.07. The van der Waals surface area contributed by atoms with Gasteiger partial charge in [0.25, 0.3) is 0 Å². The highest BCUT2D eigenvalue weighted by atomic mass is 32.2. The minimum absolute atomic E-state index is 0.286. The molecule has 0 aromatic carbocycles. The molecular weight excluding hydrogens is 227 g/mol. The normalized spacial score (nSPS) is 17.3. The highest BCUT2D eigenvalue weighted by molar-refractivity contribution is 7.90. The molecule has 6 heteroatoms. The number of hydrogen-bond donors (Lipinski definition) is 1. The summed E-state index contributed by atoms with van der Waals surface area (Å²) < 4.78 is 50.1. The molecule has 2 atom stereocenters. The van der Waals surface area contributed by atoms with Crippen molar-refractivity contribution < 1.29 is 17.7 Å². The van der Waals surface area contributed by atoms with E-state index in [0.29, 0.717) is 0 Å². The van der Waals surface area contributed by atoms with Crippen LogP contribution < -0.4 is 4.72 Å². The zero-order chi connectivity index (χ0) is 12.3. The van der Waals surface area contributed by atoms with E-state index < -0.39 is 28.3 Å². The Morgan fingerprint density at radius 1 is 1.40 bits per heavy atom. The molecule has 0 aliphatic heterocycles. The molecule has 0 saturated heterocycles. The average molecular weight is 243 g/mol. The molecule has 90 valence electrons. The van der Waals surface area contributed by atoms with Crippen LogP contribution in [0, 0.1) is 0 Å². The van der Waals surface area contributed by atoms with Gasteiger partial charge in [0.15, 0.2) is 6.04 Å². The van der Waals surface area contributed by atoms with Gasteiger partial charge in [-0.25, -0.2) is 0 Å². The van der Waals surface area contributed by atoms with Crippen molar-refractivity contribution in [3.8, 4) is 0 Å². The maximum atomic E-state index is 12.4. The van der Waals surface area contributed by atoms with Gasteiger partial charge in [-0.2, -0.15) is 13.2 Å². The summed E-state index contributed by atoms with van der Waals surface area (Å²) in [5, 5.41) is 0. The lowest BCUT2D eigenvalue weighted by atomic mass is 10.2. The van der Waals surface area contributed by atoms with Gasteiger partial charge in [-0.15, -0.1) is 11.3 Å². The molecule has 0 bridgehead atoms. The first-order chi connectivity index (χ1) is 6.59. The lowest BCUT2D eigenvalue weighted by Crippen LogP contribution is -2.50. The molecule has 0 aromatic heterocycles. The second kappa shape index (κ2) is 5.23. The summed E-state index contributed by atoms with van der Waals surface area (Å²) >= 11 is -1.73. The SMILES string of the molecule is C=CC[C@@H](N[S+]([O-])C(C)(C)C)C(F)(F)F. The topological polar surface area (TPSA) is 35.1 Å². The van der Waals surface area contributed by atoms with Crippen LogP contribution in [0.4, 0.5) is 13.2 Å². The van der Waals surface area contributed by atoms with E-state index in [1.807, 2.05) is 0 Å². The molecule has 0 heterocycles.